The molecule has 0 fully saturated rings. The number of carbonyl (C=O) groups is 3. The molecule has 0 bridgehead atoms. The molecule has 1 aliphatic rings. The van der Waals surface area contributed by atoms with E-state index in [-0.39, 0.29) is 47.1 Å². The van der Waals surface area contributed by atoms with Gasteiger partial charge in [0.1, 0.15) is 17.2 Å². The molecule has 4 rings (SSSR count). The van der Waals surface area contributed by atoms with Gasteiger partial charge in [-0.3, -0.25) is 9.59 Å². The predicted octanol–water partition coefficient (Wildman–Crippen LogP) is 4.81. The average molecular weight is 528 g/mol. The molecule has 0 atom stereocenters. The zero-order chi connectivity index (χ0) is 28.2. The Morgan fingerprint density at radius 2 is 1.76 bits per heavy atom. The fourth-order valence-electron chi connectivity index (χ4n) is 3.82. The molecule has 2 aromatic heterocycles. The lowest BCUT2D eigenvalue weighted by atomic mass is 10.1. The van der Waals surface area contributed by atoms with Gasteiger partial charge in [0.25, 0.3) is 5.91 Å². The molecule has 0 spiro atoms. The summed E-state index contributed by atoms with van der Waals surface area (Å²) in [5.41, 5.74) is -0.524. The zero-order valence-electron chi connectivity index (χ0n) is 22.3. The van der Waals surface area contributed by atoms with Gasteiger partial charge in [-0.1, -0.05) is 19.9 Å². The average Bonchev–Trinajstić information content (AvgIpc) is 3.43. The van der Waals surface area contributed by atoms with E-state index in [1.807, 2.05) is 13.8 Å². The van der Waals surface area contributed by atoms with Gasteiger partial charge < -0.3 is 10.1 Å². The van der Waals surface area contributed by atoms with Crippen molar-refractivity contribution in [2.24, 2.45) is 0 Å². The van der Waals surface area contributed by atoms with Crippen LogP contribution in [-0.2, 0) is 22.5 Å². The lowest BCUT2D eigenvalue weighted by Gasteiger charge is -2.23. The predicted molar refractivity (Wildman–Crippen MR) is 137 cm³/mol. The summed E-state index contributed by atoms with van der Waals surface area (Å²) in [7, 11) is 0. The maximum atomic E-state index is 14.6. The van der Waals surface area contributed by atoms with Crippen LogP contribution in [0.2, 0.25) is 0 Å². The first-order valence-corrected chi connectivity index (χ1v) is 12.3. The summed E-state index contributed by atoms with van der Waals surface area (Å²) in [5.74, 6) is -2.58. The van der Waals surface area contributed by atoms with Crippen molar-refractivity contribution in [2.75, 3.05) is 6.54 Å². The number of rotatable bonds is 5. The van der Waals surface area contributed by atoms with Gasteiger partial charge in [-0.25, -0.2) is 28.1 Å². The smallest absolute Gasteiger partial charge is 0.417 e. The van der Waals surface area contributed by atoms with Crippen LogP contribution in [0, 0.1) is 11.6 Å². The van der Waals surface area contributed by atoms with Gasteiger partial charge in [0.15, 0.2) is 0 Å². The van der Waals surface area contributed by atoms with E-state index in [2.05, 4.69) is 15.4 Å². The van der Waals surface area contributed by atoms with Gasteiger partial charge in [0, 0.05) is 12.7 Å². The number of aromatic nitrogens is 3. The van der Waals surface area contributed by atoms with Crippen molar-refractivity contribution in [3.05, 3.63) is 65.1 Å². The normalized spacial score (nSPS) is 12.5. The number of nitrogens with one attached hydrogen (secondary N) is 1. The Morgan fingerprint density at radius 1 is 1.11 bits per heavy atom. The summed E-state index contributed by atoms with van der Waals surface area (Å²) in [6.45, 7) is 11.0. The monoisotopic (exact) mass is 527 g/mol. The van der Waals surface area contributed by atoms with E-state index in [0.29, 0.717) is 12.2 Å². The maximum Gasteiger partial charge on any atom is 0.417 e. The van der Waals surface area contributed by atoms with Crippen molar-refractivity contribution in [1.29, 1.82) is 0 Å². The largest absolute Gasteiger partial charge is 0.443 e. The van der Waals surface area contributed by atoms with E-state index in [9.17, 15) is 23.2 Å². The van der Waals surface area contributed by atoms with Crippen LogP contribution >= 0.6 is 0 Å². The molecule has 202 valence electrons. The van der Waals surface area contributed by atoms with Crippen molar-refractivity contribution in [3.8, 4) is 16.9 Å². The minimum atomic E-state index is -0.868. The van der Waals surface area contributed by atoms with Gasteiger partial charge >= 0.3 is 6.09 Å². The number of hydrogen-bond donors (Lipinski definition) is 1. The summed E-state index contributed by atoms with van der Waals surface area (Å²) in [4.78, 5) is 43.2. The Bertz CT molecular complexity index is 1340. The number of benzene rings is 1. The van der Waals surface area contributed by atoms with Crippen LogP contribution in [0.5, 0.6) is 0 Å². The van der Waals surface area contributed by atoms with E-state index >= 15 is 0 Å². The van der Waals surface area contributed by atoms with E-state index in [0.717, 1.165) is 17.0 Å². The molecular formula is C27H31F2N5O4. The first-order valence-electron chi connectivity index (χ1n) is 12.3. The van der Waals surface area contributed by atoms with Crippen molar-refractivity contribution >= 4 is 17.9 Å². The van der Waals surface area contributed by atoms with Crippen LogP contribution in [0.3, 0.4) is 0 Å². The van der Waals surface area contributed by atoms with Crippen molar-refractivity contribution < 1.29 is 27.9 Å². The van der Waals surface area contributed by atoms with Gasteiger partial charge in [-0.2, -0.15) is 5.10 Å². The zero-order valence-corrected chi connectivity index (χ0v) is 22.3. The second-order valence-corrected chi connectivity index (χ2v) is 9.20. The Hall–Kier alpha value is -4.15. The first kappa shape index (κ1) is 28.4. The van der Waals surface area contributed by atoms with Crippen LogP contribution < -0.4 is 5.32 Å². The highest BCUT2D eigenvalue weighted by Crippen LogP contribution is 2.34. The molecule has 0 saturated heterocycles. The molecule has 3 heterocycles. The minimum Gasteiger partial charge on any atom is -0.443 e. The summed E-state index contributed by atoms with van der Waals surface area (Å²) < 4.78 is 35.9. The molecule has 0 saturated carbocycles. The van der Waals surface area contributed by atoms with Gasteiger partial charge in [0.2, 0.25) is 5.91 Å². The van der Waals surface area contributed by atoms with Crippen LogP contribution in [0.15, 0.2) is 36.5 Å². The number of halogens is 2. The Labute approximate surface area is 219 Å². The number of carbonyl (C=O) groups excluding carboxylic acids is 3. The van der Waals surface area contributed by atoms with Crippen LogP contribution in [0.25, 0.3) is 16.9 Å². The highest BCUT2D eigenvalue weighted by atomic mass is 19.1. The highest BCUT2D eigenvalue weighted by Gasteiger charge is 2.39. The molecule has 9 nitrogen and oxygen atoms in total. The van der Waals surface area contributed by atoms with Crippen LogP contribution in [0.1, 0.15) is 63.3 Å². The number of nitrogens with zero attached hydrogens (tertiary/aromatic N) is 4. The fraction of sp³-hybridized carbons (Fsp3) is 0.370. The Kier molecular flexibility index (Phi) is 8.60. The maximum absolute atomic E-state index is 14.6. The summed E-state index contributed by atoms with van der Waals surface area (Å²) in [6, 6.07) is 6.36. The standard InChI is InChI=1S/C25H25F2N5O4.C2H6/c1-5-28-20(33)11-14-9-10-32(30-14)19-12-17(21-15(26)7-6-8-16(21)27)29-18-13-31(23(34)22(18)19)24(35)36-25(2,3)4;1-2/h6-10,12H,5,11,13H2,1-4H3,(H,28,33);1-2H3. The molecule has 0 radical (unpaired) electrons. The van der Waals surface area contributed by atoms with E-state index in [4.69, 9.17) is 4.74 Å². The summed E-state index contributed by atoms with van der Waals surface area (Å²) in [6.07, 6.45) is 0.656. The molecule has 3 amide bonds. The molecule has 3 aromatic rings. The Balaban J connectivity index is 0.00000195. The molecule has 11 heteroatoms. The molecular weight excluding hydrogens is 496 g/mol. The van der Waals surface area contributed by atoms with Crippen molar-refractivity contribution in [3.63, 3.8) is 0 Å². The molecule has 38 heavy (non-hydrogen) atoms. The lowest BCUT2D eigenvalue weighted by Crippen LogP contribution is -2.37. The highest BCUT2D eigenvalue weighted by molar-refractivity contribution is 6.08. The number of likely N-dealkylation sites (N-methyl/N-ethyl adjacent to an activating group) is 1. The third kappa shape index (κ3) is 6.04. The lowest BCUT2D eigenvalue weighted by molar-refractivity contribution is -0.120. The third-order valence-electron chi connectivity index (χ3n) is 5.28. The van der Waals surface area contributed by atoms with E-state index in [1.54, 1.807) is 33.8 Å². The number of ether oxygens (including phenoxy) is 1. The minimum absolute atomic E-state index is 0.000886. The Morgan fingerprint density at radius 3 is 2.37 bits per heavy atom. The fourth-order valence-corrected chi connectivity index (χ4v) is 3.82. The topological polar surface area (TPSA) is 106 Å². The van der Waals surface area contributed by atoms with Crippen molar-refractivity contribution in [1.82, 2.24) is 25.0 Å². The second kappa shape index (κ2) is 11.5. The summed E-state index contributed by atoms with van der Waals surface area (Å²) >= 11 is 0. The van der Waals surface area contributed by atoms with Crippen LogP contribution in [0.4, 0.5) is 13.6 Å². The molecule has 1 N–H and O–H groups in total. The molecule has 1 aliphatic heterocycles. The van der Waals surface area contributed by atoms with Crippen LogP contribution in [-0.4, -0.2) is 49.7 Å². The molecule has 1 aromatic carbocycles. The van der Waals surface area contributed by atoms with Gasteiger partial charge in [0.05, 0.1) is 46.9 Å². The second-order valence-electron chi connectivity index (χ2n) is 9.20. The third-order valence-corrected chi connectivity index (χ3v) is 5.28. The SMILES string of the molecule is CC.CCNC(=O)Cc1ccn(-c2cc(-c3c(F)cccc3F)nc3c2C(=O)N(C(=O)OC(C)(C)C)C3)n1. The number of fused-ring (bicyclic) bond motifs is 1. The van der Waals surface area contributed by atoms with Crippen molar-refractivity contribution in [2.45, 2.75) is 60.1 Å². The summed E-state index contributed by atoms with van der Waals surface area (Å²) in [5, 5.41) is 7.06. The van der Waals surface area contributed by atoms with E-state index in [1.165, 1.54) is 23.0 Å². The quantitative estimate of drug-likeness (QED) is 0.511. The number of pyridine rings is 1. The first-order chi connectivity index (χ1) is 18.0. The number of hydrogen-bond acceptors (Lipinski definition) is 6. The van der Waals surface area contributed by atoms with Gasteiger partial charge in [-0.05, 0) is 52.0 Å². The number of amides is 3. The van der Waals surface area contributed by atoms with E-state index < -0.39 is 29.2 Å². The number of imide groups is 1. The molecule has 0 unspecified atom stereocenters. The van der Waals surface area contributed by atoms with Gasteiger partial charge in [-0.15, -0.1) is 0 Å². The molecule has 0 aliphatic carbocycles.